The van der Waals surface area contributed by atoms with Gasteiger partial charge in [-0.25, -0.2) is 8.42 Å². The molecule has 0 saturated heterocycles. The van der Waals surface area contributed by atoms with Gasteiger partial charge in [-0.1, -0.05) is 49.4 Å². The summed E-state index contributed by atoms with van der Waals surface area (Å²) >= 11 is 0. The van der Waals surface area contributed by atoms with Crippen LogP contribution in [0.1, 0.15) is 31.4 Å². The first-order valence-electron chi connectivity index (χ1n) is 12.6. The van der Waals surface area contributed by atoms with Crippen LogP contribution in [0.5, 0.6) is 5.75 Å². The Morgan fingerprint density at radius 2 is 1.55 bits per heavy atom. The van der Waals surface area contributed by atoms with E-state index in [0.717, 1.165) is 15.4 Å². The summed E-state index contributed by atoms with van der Waals surface area (Å²) in [5.74, 6) is -0.244. The Morgan fingerprint density at radius 3 is 2.13 bits per heavy atom. The van der Waals surface area contributed by atoms with Gasteiger partial charge in [0, 0.05) is 13.6 Å². The zero-order chi connectivity index (χ0) is 27.7. The molecule has 1 atom stereocenters. The minimum Gasteiger partial charge on any atom is -0.494 e. The average molecular weight is 538 g/mol. The van der Waals surface area contributed by atoms with Crippen LogP contribution in [0.4, 0.5) is 5.69 Å². The van der Waals surface area contributed by atoms with Crippen molar-refractivity contribution in [3.05, 3.63) is 90.0 Å². The summed E-state index contributed by atoms with van der Waals surface area (Å²) in [5, 5.41) is 2.63. The molecule has 0 bridgehead atoms. The van der Waals surface area contributed by atoms with Gasteiger partial charge in [-0.2, -0.15) is 0 Å². The minimum atomic E-state index is -4.12. The maximum Gasteiger partial charge on any atom is 0.264 e. The Hall–Kier alpha value is -3.85. The maximum absolute atomic E-state index is 13.9. The number of anilines is 1. The van der Waals surface area contributed by atoms with Crippen molar-refractivity contribution >= 4 is 27.5 Å². The van der Waals surface area contributed by atoms with Crippen molar-refractivity contribution in [3.8, 4) is 5.75 Å². The molecule has 3 rings (SSSR count). The van der Waals surface area contributed by atoms with Gasteiger partial charge in [0.25, 0.3) is 10.0 Å². The topological polar surface area (TPSA) is 96.0 Å². The molecule has 0 aliphatic carbocycles. The maximum atomic E-state index is 13.9. The van der Waals surface area contributed by atoms with Crippen LogP contribution < -0.4 is 14.4 Å². The number of carbonyl (C=O) groups excluding carboxylic acids is 2. The summed E-state index contributed by atoms with van der Waals surface area (Å²) in [5.41, 5.74) is 2.20. The van der Waals surface area contributed by atoms with E-state index in [2.05, 4.69) is 5.32 Å². The van der Waals surface area contributed by atoms with Gasteiger partial charge >= 0.3 is 0 Å². The van der Waals surface area contributed by atoms with Gasteiger partial charge in [0.05, 0.1) is 17.2 Å². The molecule has 0 saturated carbocycles. The van der Waals surface area contributed by atoms with Crippen molar-refractivity contribution in [2.24, 2.45) is 0 Å². The molecule has 1 N–H and O–H groups in total. The first kappa shape index (κ1) is 28.7. The van der Waals surface area contributed by atoms with Crippen LogP contribution in [0.15, 0.2) is 83.8 Å². The highest BCUT2D eigenvalue weighted by Crippen LogP contribution is 2.26. The summed E-state index contributed by atoms with van der Waals surface area (Å²) in [6, 6.07) is 21.4. The van der Waals surface area contributed by atoms with Gasteiger partial charge in [-0.05, 0) is 67.8 Å². The molecule has 8 nitrogen and oxygen atoms in total. The molecule has 3 aromatic carbocycles. The zero-order valence-electron chi connectivity index (χ0n) is 22.3. The van der Waals surface area contributed by atoms with E-state index in [4.69, 9.17) is 4.74 Å². The number of hydrogen-bond donors (Lipinski definition) is 1. The molecule has 0 aliphatic heterocycles. The molecule has 1 unspecified atom stereocenters. The molecule has 0 fully saturated rings. The minimum absolute atomic E-state index is 0.0291. The van der Waals surface area contributed by atoms with Crippen molar-refractivity contribution in [1.82, 2.24) is 10.2 Å². The average Bonchev–Trinajstić information content (AvgIpc) is 2.93. The van der Waals surface area contributed by atoms with Crippen LogP contribution in [0, 0.1) is 6.92 Å². The number of hydrogen-bond acceptors (Lipinski definition) is 5. The van der Waals surface area contributed by atoms with Crippen molar-refractivity contribution in [2.75, 3.05) is 24.5 Å². The monoisotopic (exact) mass is 537 g/mol. The summed E-state index contributed by atoms with van der Waals surface area (Å²) < 4.78 is 34.2. The van der Waals surface area contributed by atoms with Crippen molar-refractivity contribution in [3.63, 3.8) is 0 Å². The lowest BCUT2D eigenvalue weighted by atomic mass is 10.1. The Bertz CT molecular complexity index is 1330. The first-order chi connectivity index (χ1) is 18.2. The van der Waals surface area contributed by atoms with Gasteiger partial charge in [0.15, 0.2) is 0 Å². The molecule has 0 spiro atoms. The van der Waals surface area contributed by atoms with E-state index in [-0.39, 0.29) is 17.3 Å². The second-order valence-corrected chi connectivity index (χ2v) is 10.6. The summed E-state index contributed by atoms with van der Waals surface area (Å²) in [4.78, 5) is 28.2. The fourth-order valence-electron chi connectivity index (χ4n) is 4.18. The van der Waals surface area contributed by atoms with E-state index in [9.17, 15) is 18.0 Å². The van der Waals surface area contributed by atoms with Crippen molar-refractivity contribution in [2.45, 2.75) is 44.7 Å². The molecule has 0 aliphatic rings. The number of aryl methyl sites for hydroxylation is 1. The highest BCUT2D eigenvalue weighted by atomic mass is 32.2. The van der Waals surface area contributed by atoms with E-state index in [1.165, 1.54) is 24.1 Å². The number of rotatable bonds is 12. The van der Waals surface area contributed by atoms with E-state index in [0.29, 0.717) is 24.5 Å². The predicted octanol–water partition coefficient (Wildman–Crippen LogP) is 4.14. The highest BCUT2D eigenvalue weighted by Gasteiger charge is 2.33. The largest absolute Gasteiger partial charge is 0.494 e. The summed E-state index contributed by atoms with van der Waals surface area (Å²) in [7, 11) is -2.60. The van der Waals surface area contributed by atoms with E-state index < -0.39 is 28.5 Å². The standard InChI is InChI=1S/C29H35N3O5S/c1-5-27(29(34)30-4)31(20-23-13-11-10-12-22(23)3)28(33)21-32(24-14-8-7-9-15-24)38(35,36)26-18-16-25(17-19-26)37-6-2/h7-19,27H,5-6,20-21H2,1-4H3,(H,30,34). The number of para-hydroxylation sites is 1. The second kappa shape index (κ2) is 13.1. The molecule has 0 heterocycles. The van der Waals surface area contributed by atoms with Crippen LogP contribution in [0.25, 0.3) is 0 Å². The van der Waals surface area contributed by atoms with Gasteiger partial charge in [-0.3, -0.25) is 13.9 Å². The van der Waals surface area contributed by atoms with Gasteiger partial charge < -0.3 is 15.0 Å². The molecule has 9 heteroatoms. The fourth-order valence-corrected chi connectivity index (χ4v) is 5.60. The molecular weight excluding hydrogens is 502 g/mol. The third-order valence-electron chi connectivity index (χ3n) is 6.28. The molecule has 3 aromatic rings. The molecule has 0 aromatic heterocycles. The van der Waals surface area contributed by atoms with Gasteiger partial charge in [0.1, 0.15) is 18.3 Å². The number of likely N-dealkylation sites (N-methyl/N-ethyl adjacent to an activating group) is 1. The smallest absolute Gasteiger partial charge is 0.264 e. The predicted molar refractivity (Wildman–Crippen MR) is 148 cm³/mol. The molecule has 202 valence electrons. The lowest BCUT2D eigenvalue weighted by Crippen LogP contribution is -2.51. The number of nitrogens with zero attached hydrogens (tertiary/aromatic N) is 2. The van der Waals surface area contributed by atoms with Crippen LogP contribution in [0.2, 0.25) is 0 Å². The molecule has 38 heavy (non-hydrogen) atoms. The van der Waals surface area contributed by atoms with Crippen LogP contribution >= 0.6 is 0 Å². The lowest BCUT2D eigenvalue weighted by Gasteiger charge is -2.33. The van der Waals surface area contributed by atoms with Crippen LogP contribution in [-0.2, 0) is 26.2 Å². The van der Waals surface area contributed by atoms with E-state index in [1.54, 1.807) is 42.5 Å². The highest BCUT2D eigenvalue weighted by molar-refractivity contribution is 7.92. The van der Waals surface area contributed by atoms with Gasteiger partial charge in [-0.15, -0.1) is 0 Å². The van der Waals surface area contributed by atoms with Gasteiger partial charge in [0.2, 0.25) is 11.8 Å². The SMILES string of the molecule is CCOc1ccc(S(=O)(=O)N(CC(=O)N(Cc2ccccc2C)C(CC)C(=O)NC)c2ccccc2)cc1. The Morgan fingerprint density at radius 1 is 0.921 bits per heavy atom. The third kappa shape index (κ3) is 6.72. The Kier molecular flexibility index (Phi) is 9.90. The summed E-state index contributed by atoms with van der Waals surface area (Å²) in [6.07, 6.45) is 0.369. The zero-order valence-corrected chi connectivity index (χ0v) is 23.1. The quantitative estimate of drug-likeness (QED) is 0.375. The fraction of sp³-hybridized carbons (Fsp3) is 0.310. The third-order valence-corrected chi connectivity index (χ3v) is 8.07. The second-order valence-electron chi connectivity index (χ2n) is 8.74. The van der Waals surface area contributed by atoms with Crippen molar-refractivity contribution in [1.29, 1.82) is 0 Å². The lowest BCUT2D eigenvalue weighted by molar-refractivity contribution is -0.140. The molecule has 0 radical (unpaired) electrons. The number of nitrogens with one attached hydrogen (secondary N) is 1. The van der Waals surface area contributed by atoms with Crippen LogP contribution in [0.3, 0.4) is 0 Å². The number of amides is 2. The van der Waals surface area contributed by atoms with Crippen molar-refractivity contribution < 1.29 is 22.7 Å². The number of ether oxygens (including phenoxy) is 1. The first-order valence-corrected chi connectivity index (χ1v) is 14.0. The Labute approximate surface area is 225 Å². The van der Waals surface area contributed by atoms with Crippen LogP contribution in [-0.4, -0.2) is 51.4 Å². The van der Waals surface area contributed by atoms with E-state index >= 15 is 0 Å². The van der Waals surface area contributed by atoms with E-state index in [1.807, 2.05) is 45.0 Å². The summed E-state index contributed by atoms with van der Waals surface area (Å²) in [6.45, 7) is 5.76. The number of benzene rings is 3. The molecular formula is C29H35N3O5S. The number of sulfonamides is 1. The Balaban J connectivity index is 2.03. The molecule has 2 amide bonds. The normalized spacial score (nSPS) is 11.9. The number of carbonyl (C=O) groups is 2.